The maximum Gasteiger partial charge on any atom is 0.257 e. The lowest BCUT2D eigenvalue weighted by Gasteiger charge is -2.08. The van der Waals surface area contributed by atoms with Crippen molar-refractivity contribution in [2.75, 3.05) is 0 Å². The third kappa shape index (κ3) is 3.31. The zero-order chi connectivity index (χ0) is 12.3. The molecule has 92 valence electrons. The smallest absolute Gasteiger partial charge is 0.257 e. The van der Waals surface area contributed by atoms with E-state index in [0.717, 1.165) is 25.2 Å². The summed E-state index contributed by atoms with van der Waals surface area (Å²) in [5.74, 6) is 1.23. The Hall–Kier alpha value is -0.880. The molecule has 0 aromatic carbocycles. The zero-order valence-electron chi connectivity index (χ0n) is 9.97. The fraction of sp³-hybridized carbons (Fsp3) is 0.700. The molecule has 16 heavy (non-hydrogen) atoms. The number of nitrogens with two attached hydrogens (primary N) is 1. The Morgan fingerprint density at radius 3 is 2.56 bits per heavy atom. The van der Waals surface area contributed by atoms with Crippen LogP contribution in [0, 0.1) is 5.92 Å². The van der Waals surface area contributed by atoms with Crippen LogP contribution in [-0.4, -0.2) is 18.0 Å². The van der Waals surface area contributed by atoms with Crippen LogP contribution < -0.4 is 5.14 Å². The van der Waals surface area contributed by atoms with E-state index in [1.54, 1.807) is 0 Å². The SMILES string of the molecule is CCCc1nc(S(N)(=O)=O)cn1CC(C)C. The van der Waals surface area contributed by atoms with Crippen molar-refractivity contribution in [3.63, 3.8) is 0 Å². The van der Waals surface area contributed by atoms with Gasteiger partial charge in [0.15, 0.2) is 5.03 Å². The predicted octanol–water partition coefficient (Wildman–Crippen LogP) is 1.14. The summed E-state index contributed by atoms with van der Waals surface area (Å²) >= 11 is 0. The number of sulfonamides is 1. The van der Waals surface area contributed by atoms with Gasteiger partial charge in [-0.1, -0.05) is 20.8 Å². The molecule has 0 radical (unpaired) electrons. The monoisotopic (exact) mass is 245 g/mol. The summed E-state index contributed by atoms with van der Waals surface area (Å²) in [7, 11) is -3.69. The fourth-order valence-corrected chi connectivity index (χ4v) is 2.05. The van der Waals surface area contributed by atoms with Gasteiger partial charge in [-0.3, -0.25) is 0 Å². The van der Waals surface area contributed by atoms with Gasteiger partial charge in [0.1, 0.15) is 5.82 Å². The lowest BCUT2D eigenvalue weighted by molar-refractivity contribution is 0.505. The summed E-state index contributed by atoms with van der Waals surface area (Å²) in [5.41, 5.74) is 0. The molecule has 6 heteroatoms. The molecule has 0 unspecified atom stereocenters. The maximum atomic E-state index is 11.2. The minimum Gasteiger partial charge on any atom is -0.333 e. The topological polar surface area (TPSA) is 78.0 Å². The molecule has 0 spiro atoms. The molecule has 0 saturated heterocycles. The third-order valence-electron chi connectivity index (χ3n) is 2.16. The lowest BCUT2D eigenvalue weighted by Crippen LogP contribution is -2.12. The Morgan fingerprint density at radius 1 is 1.50 bits per heavy atom. The molecule has 1 rings (SSSR count). The van der Waals surface area contributed by atoms with Crippen LogP contribution in [0.4, 0.5) is 0 Å². The van der Waals surface area contributed by atoms with Crippen molar-refractivity contribution in [2.45, 2.75) is 45.2 Å². The van der Waals surface area contributed by atoms with Gasteiger partial charge in [-0.25, -0.2) is 18.5 Å². The molecule has 5 nitrogen and oxygen atoms in total. The first kappa shape index (κ1) is 13.2. The summed E-state index contributed by atoms with van der Waals surface area (Å²) in [6, 6.07) is 0. The quantitative estimate of drug-likeness (QED) is 0.845. The highest BCUT2D eigenvalue weighted by Crippen LogP contribution is 2.12. The van der Waals surface area contributed by atoms with Gasteiger partial charge in [0.2, 0.25) is 0 Å². The second-order valence-corrected chi connectivity index (χ2v) is 5.84. The normalized spacial score (nSPS) is 12.3. The number of aryl methyl sites for hydroxylation is 1. The number of rotatable bonds is 5. The number of imidazole rings is 1. The Bertz CT molecular complexity index is 449. The first-order valence-electron chi connectivity index (χ1n) is 5.43. The molecule has 0 amide bonds. The van der Waals surface area contributed by atoms with E-state index < -0.39 is 10.0 Å². The lowest BCUT2D eigenvalue weighted by atomic mass is 10.2. The fourth-order valence-electron chi connectivity index (χ4n) is 1.54. The van der Waals surface area contributed by atoms with Gasteiger partial charge in [0.25, 0.3) is 10.0 Å². The number of hydrogen-bond acceptors (Lipinski definition) is 3. The highest BCUT2D eigenvalue weighted by molar-refractivity contribution is 7.89. The van der Waals surface area contributed by atoms with Gasteiger partial charge in [0, 0.05) is 19.2 Å². The molecule has 0 atom stereocenters. The van der Waals surface area contributed by atoms with Crippen molar-refractivity contribution in [1.82, 2.24) is 9.55 Å². The molecule has 0 bridgehead atoms. The number of hydrogen-bond donors (Lipinski definition) is 1. The summed E-state index contributed by atoms with van der Waals surface area (Å²) in [6.45, 7) is 6.95. The number of primary sulfonamides is 1. The molecule has 1 aromatic rings. The second-order valence-electron chi connectivity index (χ2n) is 4.34. The molecule has 0 aliphatic rings. The van der Waals surface area contributed by atoms with E-state index in [0.29, 0.717) is 5.92 Å². The van der Waals surface area contributed by atoms with Gasteiger partial charge in [-0.05, 0) is 12.3 Å². The van der Waals surface area contributed by atoms with Crippen molar-refractivity contribution in [2.24, 2.45) is 11.1 Å². The Kier molecular flexibility index (Phi) is 4.09. The Morgan fingerprint density at radius 2 is 2.12 bits per heavy atom. The summed E-state index contributed by atoms with van der Waals surface area (Å²) in [4.78, 5) is 4.07. The van der Waals surface area contributed by atoms with E-state index in [2.05, 4.69) is 18.8 Å². The van der Waals surface area contributed by atoms with E-state index in [9.17, 15) is 8.42 Å². The van der Waals surface area contributed by atoms with Crippen LogP contribution in [0.2, 0.25) is 0 Å². The average Bonchev–Trinajstić information content (AvgIpc) is 2.47. The molecule has 1 aromatic heterocycles. The summed E-state index contributed by atoms with van der Waals surface area (Å²) < 4.78 is 24.3. The summed E-state index contributed by atoms with van der Waals surface area (Å²) in [5, 5.41) is 5.03. The van der Waals surface area contributed by atoms with Gasteiger partial charge >= 0.3 is 0 Å². The number of nitrogens with zero attached hydrogens (tertiary/aromatic N) is 2. The van der Waals surface area contributed by atoms with E-state index >= 15 is 0 Å². The van der Waals surface area contributed by atoms with Crippen LogP contribution in [0.5, 0.6) is 0 Å². The first-order valence-corrected chi connectivity index (χ1v) is 6.98. The molecule has 0 aliphatic heterocycles. The molecule has 1 heterocycles. The van der Waals surface area contributed by atoms with Crippen LogP contribution in [0.3, 0.4) is 0 Å². The molecule has 0 aliphatic carbocycles. The standard InChI is InChI=1S/C10H19N3O2S/c1-4-5-9-12-10(16(11,14)15)7-13(9)6-8(2)3/h7-8H,4-6H2,1-3H3,(H2,11,14,15). The highest BCUT2D eigenvalue weighted by atomic mass is 32.2. The van der Waals surface area contributed by atoms with Crippen LogP contribution in [-0.2, 0) is 23.0 Å². The van der Waals surface area contributed by atoms with Crippen molar-refractivity contribution >= 4 is 10.0 Å². The molecule has 2 N–H and O–H groups in total. The first-order chi connectivity index (χ1) is 7.34. The van der Waals surface area contributed by atoms with Gasteiger partial charge < -0.3 is 4.57 Å². The zero-order valence-corrected chi connectivity index (χ0v) is 10.8. The molecule has 0 fully saturated rings. The van der Waals surface area contributed by atoms with Crippen molar-refractivity contribution in [3.05, 3.63) is 12.0 Å². The third-order valence-corrected chi connectivity index (χ3v) is 2.94. The summed E-state index contributed by atoms with van der Waals surface area (Å²) in [6.07, 6.45) is 3.22. The molecular formula is C10H19N3O2S. The largest absolute Gasteiger partial charge is 0.333 e. The number of aromatic nitrogens is 2. The molecular weight excluding hydrogens is 226 g/mol. The Labute approximate surface area is 96.7 Å². The second kappa shape index (κ2) is 4.97. The van der Waals surface area contributed by atoms with E-state index in [4.69, 9.17) is 5.14 Å². The van der Waals surface area contributed by atoms with Gasteiger partial charge in [-0.15, -0.1) is 0 Å². The van der Waals surface area contributed by atoms with Crippen LogP contribution >= 0.6 is 0 Å². The van der Waals surface area contributed by atoms with E-state index in [-0.39, 0.29) is 5.03 Å². The van der Waals surface area contributed by atoms with Crippen molar-refractivity contribution < 1.29 is 8.42 Å². The maximum absolute atomic E-state index is 11.2. The molecule has 0 saturated carbocycles. The average molecular weight is 245 g/mol. The minimum absolute atomic E-state index is 0.0309. The van der Waals surface area contributed by atoms with Gasteiger partial charge in [0.05, 0.1) is 0 Å². The van der Waals surface area contributed by atoms with Crippen LogP contribution in [0.15, 0.2) is 11.2 Å². The highest BCUT2D eigenvalue weighted by Gasteiger charge is 2.16. The minimum atomic E-state index is -3.69. The Balaban J connectivity index is 3.09. The predicted molar refractivity (Wildman–Crippen MR) is 62.4 cm³/mol. The van der Waals surface area contributed by atoms with Crippen LogP contribution in [0.1, 0.15) is 33.0 Å². The van der Waals surface area contributed by atoms with Crippen LogP contribution in [0.25, 0.3) is 0 Å². The van der Waals surface area contributed by atoms with Crippen molar-refractivity contribution in [3.8, 4) is 0 Å². The van der Waals surface area contributed by atoms with Crippen molar-refractivity contribution in [1.29, 1.82) is 0 Å². The van der Waals surface area contributed by atoms with Gasteiger partial charge in [-0.2, -0.15) is 0 Å². The van der Waals surface area contributed by atoms with E-state index in [1.165, 1.54) is 6.20 Å². The van der Waals surface area contributed by atoms with E-state index in [1.807, 2.05) is 11.5 Å².